The molecular weight excluding hydrogens is 388 g/mol. The SMILES string of the molecule is Cc1cc(C(=O)N2CCNCC2c2cccnc2)cc(S(N)(=O)=O)c1C.Cl. The highest BCUT2D eigenvalue weighted by Crippen LogP contribution is 2.26. The Balaban J connectivity index is 0.00000261. The van der Waals surface area contributed by atoms with Crippen molar-refractivity contribution >= 4 is 28.3 Å². The van der Waals surface area contributed by atoms with E-state index >= 15 is 0 Å². The van der Waals surface area contributed by atoms with Crippen molar-refractivity contribution in [2.45, 2.75) is 24.8 Å². The number of nitrogens with one attached hydrogen (secondary N) is 1. The maximum atomic E-state index is 13.2. The average molecular weight is 411 g/mol. The Morgan fingerprint density at radius 2 is 2.07 bits per heavy atom. The number of carbonyl (C=O) groups is 1. The van der Waals surface area contributed by atoms with E-state index < -0.39 is 10.0 Å². The van der Waals surface area contributed by atoms with Crippen LogP contribution in [0.2, 0.25) is 0 Å². The van der Waals surface area contributed by atoms with E-state index in [0.717, 1.165) is 5.56 Å². The number of aryl methyl sites for hydroxylation is 1. The molecule has 9 heteroatoms. The summed E-state index contributed by atoms with van der Waals surface area (Å²) < 4.78 is 23.8. The van der Waals surface area contributed by atoms with Crippen LogP contribution in [0.4, 0.5) is 0 Å². The third kappa shape index (κ3) is 4.47. The Labute approximate surface area is 165 Å². The van der Waals surface area contributed by atoms with Crippen LogP contribution < -0.4 is 10.5 Å². The summed E-state index contributed by atoms with van der Waals surface area (Å²) >= 11 is 0. The maximum Gasteiger partial charge on any atom is 0.254 e. The van der Waals surface area contributed by atoms with Gasteiger partial charge in [-0.15, -0.1) is 12.4 Å². The zero-order valence-electron chi connectivity index (χ0n) is 15.2. The number of piperazine rings is 1. The van der Waals surface area contributed by atoms with Crippen LogP contribution >= 0.6 is 12.4 Å². The fraction of sp³-hybridized carbons (Fsp3) is 0.333. The van der Waals surface area contributed by atoms with Crippen molar-refractivity contribution in [3.8, 4) is 0 Å². The van der Waals surface area contributed by atoms with Gasteiger partial charge in [-0.25, -0.2) is 13.6 Å². The molecule has 1 atom stereocenters. The molecule has 0 radical (unpaired) electrons. The number of aromatic nitrogens is 1. The van der Waals surface area contributed by atoms with Gasteiger partial charge in [-0.1, -0.05) is 6.07 Å². The first-order valence-electron chi connectivity index (χ1n) is 8.34. The molecule has 1 aliphatic heterocycles. The van der Waals surface area contributed by atoms with Gasteiger partial charge in [0, 0.05) is 37.6 Å². The number of amides is 1. The van der Waals surface area contributed by atoms with Crippen molar-refractivity contribution in [2.24, 2.45) is 5.14 Å². The molecule has 27 heavy (non-hydrogen) atoms. The molecule has 0 saturated carbocycles. The minimum atomic E-state index is -3.90. The molecule has 1 aromatic heterocycles. The molecule has 7 nitrogen and oxygen atoms in total. The molecule has 2 heterocycles. The average Bonchev–Trinajstić information content (AvgIpc) is 2.63. The minimum absolute atomic E-state index is 0. The monoisotopic (exact) mass is 410 g/mol. The van der Waals surface area contributed by atoms with E-state index in [1.54, 1.807) is 37.2 Å². The second-order valence-electron chi connectivity index (χ2n) is 6.47. The Bertz CT molecular complexity index is 935. The molecule has 1 unspecified atom stereocenters. The predicted molar refractivity (Wildman–Crippen MR) is 105 cm³/mol. The normalized spacial score (nSPS) is 17.3. The van der Waals surface area contributed by atoms with Crippen molar-refractivity contribution in [3.63, 3.8) is 0 Å². The van der Waals surface area contributed by atoms with Crippen LogP contribution in [0.3, 0.4) is 0 Å². The molecule has 3 N–H and O–H groups in total. The number of hydrogen-bond acceptors (Lipinski definition) is 5. The van der Waals surface area contributed by atoms with Gasteiger partial charge >= 0.3 is 0 Å². The van der Waals surface area contributed by atoms with Gasteiger partial charge in [0.15, 0.2) is 0 Å². The number of nitrogens with zero attached hydrogens (tertiary/aromatic N) is 2. The van der Waals surface area contributed by atoms with E-state index in [1.807, 2.05) is 12.1 Å². The first-order chi connectivity index (χ1) is 12.3. The van der Waals surface area contributed by atoms with Gasteiger partial charge in [0.05, 0.1) is 10.9 Å². The fourth-order valence-corrected chi connectivity index (χ4v) is 4.11. The van der Waals surface area contributed by atoms with Crippen molar-refractivity contribution in [1.82, 2.24) is 15.2 Å². The summed E-state index contributed by atoms with van der Waals surface area (Å²) in [6.45, 7) is 5.28. The van der Waals surface area contributed by atoms with Crippen LogP contribution in [0.15, 0.2) is 41.6 Å². The van der Waals surface area contributed by atoms with Crippen LogP contribution in [-0.2, 0) is 10.0 Å². The number of carbonyl (C=O) groups excluding carboxylic acids is 1. The van der Waals surface area contributed by atoms with Gasteiger partial charge in [-0.2, -0.15) is 0 Å². The molecule has 1 aromatic carbocycles. The largest absolute Gasteiger partial charge is 0.329 e. The summed E-state index contributed by atoms with van der Waals surface area (Å²) in [5.74, 6) is -0.214. The van der Waals surface area contributed by atoms with E-state index in [4.69, 9.17) is 5.14 Å². The molecule has 2 aromatic rings. The molecule has 0 aliphatic carbocycles. The highest BCUT2D eigenvalue weighted by atomic mass is 35.5. The van der Waals surface area contributed by atoms with Crippen molar-refractivity contribution in [1.29, 1.82) is 0 Å². The van der Waals surface area contributed by atoms with Crippen LogP contribution in [-0.4, -0.2) is 43.8 Å². The molecule has 0 bridgehead atoms. The number of nitrogens with two attached hydrogens (primary N) is 1. The number of hydrogen-bond donors (Lipinski definition) is 2. The number of primary sulfonamides is 1. The number of rotatable bonds is 3. The topological polar surface area (TPSA) is 105 Å². The first kappa shape index (κ1) is 21.3. The first-order valence-corrected chi connectivity index (χ1v) is 9.89. The van der Waals surface area contributed by atoms with Gasteiger partial charge in [-0.3, -0.25) is 9.78 Å². The van der Waals surface area contributed by atoms with Crippen LogP contribution in [0.5, 0.6) is 0 Å². The quantitative estimate of drug-likeness (QED) is 0.798. The number of sulfonamides is 1. The highest BCUT2D eigenvalue weighted by Gasteiger charge is 2.29. The molecule has 3 rings (SSSR count). The Kier molecular flexibility index (Phi) is 6.59. The van der Waals surface area contributed by atoms with E-state index in [0.29, 0.717) is 36.3 Å². The molecular formula is C18H23ClN4O3S. The van der Waals surface area contributed by atoms with E-state index in [-0.39, 0.29) is 29.3 Å². The number of pyridine rings is 1. The molecule has 1 amide bonds. The fourth-order valence-electron chi connectivity index (χ4n) is 3.23. The molecule has 146 valence electrons. The van der Waals surface area contributed by atoms with Crippen molar-refractivity contribution < 1.29 is 13.2 Å². The van der Waals surface area contributed by atoms with E-state index in [1.165, 1.54) is 6.07 Å². The zero-order valence-corrected chi connectivity index (χ0v) is 16.8. The minimum Gasteiger partial charge on any atom is -0.329 e. The number of halogens is 1. The lowest BCUT2D eigenvalue weighted by Crippen LogP contribution is -2.48. The summed E-state index contributed by atoms with van der Waals surface area (Å²) in [7, 11) is -3.90. The standard InChI is InChI=1S/C18H22N4O3S.ClH/c1-12-8-15(9-17(13(12)2)26(19,24)25)18(23)22-7-6-21-11-16(22)14-4-3-5-20-10-14;/h3-5,8-10,16,21H,6-7,11H2,1-2H3,(H2,19,24,25);1H. The van der Waals surface area contributed by atoms with Crippen molar-refractivity contribution in [2.75, 3.05) is 19.6 Å². The Morgan fingerprint density at radius 3 is 2.70 bits per heavy atom. The molecule has 1 aliphatic rings. The number of benzene rings is 1. The smallest absolute Gasteiger partial charge is 0.254 e. The van der Waals surface area contributed by atoms with Gasteiger partial charge in [0.1, 0.15) is 0 Å². The van der Waals surface area contributed by atoms with Crippen molar-refractivity contribution in [3.05, 3.63) is 58.9 Å². The Morgan fingerprint density at radius 1 is 1.33 bits per heavy atom. The van der Waals surface area contributed by atoms with Gasteiger partial charge < -0.3 is 10.2 Å². The van der Waals surface area contributed by atoms with Gasteiger partial charge in [0.2, 0.25) is 10.0 Å². The summed E-state index contributed by atoms with van der Waals surface area (Å²) in [4.78, 5) is 19.1. The van der Waals surface area contributed by atoms with E-state index in [2.05, 4.69) is 10.3 Å². The summed E-state index contributed by atoms with van der Waals surface area (Å²) in [5, 5.41) is 8.61. The van der Waals surface area contributed by atoms with Gasteiger partial charge in [0.25, 0.3) is 5.91 Å². The van der Waals surface area contributed by atoms with E-state index in [9.17, 15) is 13.2 Å². The third-order valence-corrected chi connectivity index (χ3v) is 5.78. The summed E-state index contributed by atoms with van der Waals surface area (Å²) in [5.41, 5.74) is 2.54. The van der Waals surface area contributed by atoms with Crippen LogP contribution in [0, 0.1) is 13.8 Å². The molecule has 1 fully saturated rings. The lowest BCUT2D eigenvalue weighted by Gasteiger charge is -2.36. The predicted octanol–water partition coefficient (Wildman–Crippen LogP) is 1.55. The molecule has 0 spiro atoms. The van der Waals surface area contributed by atoms with Gasteiger partial charge in [-0.05, 0) is 48.7 Å². The second-order valence-corrected chi connectivity index (χ2v) is 8.00. The Hall–Kier alpha value is -2.00. The second kappa shape index (κ2) is 8.35. The highest BCUT2D eigenvalue weighted by molar-refractivity contribution is 7.89. The summed E-state index contributed by atoms with van der Waals surface area (Å²) in [6, 6.07) is 6.70. The lowest BCUT2D eigenvalue weighted by molar-refractivity contribution is 0.0633. The molecule has 1 saturated heterocycles. The maximum absolute atomic E-state index is 13.2. The van der Waals surface area contributed by atoms with Crippen LogP contribution in [0.25, 0.3) is 0 Å². The summed E-state index contributed by atoms with van der Waals surface area (Å²) in [6.07, 6.45) is 3.43. The lowest BCUT2D eigenvalue weighted by atomic mass is 10.0. The zero-order chi connectivity index (χ0) is 18.9. The third-order valence-electron chi connectivity index (χ3n) is 4.75. The van der Waals surface area contributed by atoms with Crippen LogP contribution in [0.1, 0.15) is 33.1 Å².